The summed E-state index contributed by atoms with van der Waals surface area (Å²) in [4.78, 5) is 12.6. The summed E-state index contributed by atoms with van der Waals surface area (Å²) in [6.07, 6.45) is 0.00765. The Morgan fingerprint density at radius 3 is 2.30 bits per heavy atom. The molecule has 0 unspecified atom stereocenters. The summed E-state index contributed by atoms with van der Waals surface area (Å²) in [5, 5.41) is 6.03. The van der Waals surface area contributed by atoms with Gasteiger partial charge < -0.3 is 15.4 Å². The lowest BCUT2D eigenvalue weighted by molar-refractivity contribution is 0.222. The van der Waals surface area contributed by atoms with Crippen molar-refractivity contribution in [1.82, 2.24) is 15.0 Å². The SMILES string of the molecule is CNc1nc(Nc2ccc(I)cc2)nc(OC(C)C)n1. The number of nitrogens with zero attached hydrogens (tertiary/aromatic N) is 3. The Hall–Kier alpha value is -1.64. The largest absolute Gasteiger partial charge is 0.461 e. The minimum atomic E-state index is 0.00765. The number of hydrogen-bond donors (Lipinski definition) is 2. The van der Waals surface area contributed by atoms with Gasteiger partial charge in [-0.2, -0.15) is 15.0 Å². The number of nitrogens with one attached hydrogen (secondary N) is 2. The van der Waals surface area contributed by atoms with E-state index < -0.39 is 0 Å². The third-order valence-electron chi connectivity index (χ3n) is 2.28. The Morgan fingerprint density at radius 2 is 1.70 bits per heavy atom. The maximum atomic E-state index is 5.51. The number of ether oxygens (including phenoxy) is 1. The first-order chi connectivity index (χ1) is 9.56. The van der Waals surface area contributed by atoms with Gasteiger partial charge in [0.05, 0.1) is 6.10 Å². The summed E-state index contributed by atoms with van der Waals surface area (Å²) in [5.74, 6) is 0.907. The standard InChI is InChI=1S/C13H16IN5O/c1-8(2)20-13-18-11(15-3)17-12(19-13)16-10-6-4-9(14)5-7-10/h4-8H,1-3H3,(H2,15,16,17,18,19). The second-order valence-electron chi connectivity index (χ2n) is 4.31. The molecule has 0 amide bonds. The van der Waals surface area contributed by atoms with Crippen LogP contribution in [0.1, 0.15) is 13.8 Å². The van der Waals surface area contributed by atoms with Gasteiger partial charge in [0.25, 0.3) is 0 Å². The van der Waals surface area contributed by atoms with Gasteiger partial charge in [-0.25, -0.2) is 0 Å². The van der Waals surface area contributed by atoms with E-state index in [9.17, 15) is 0 Å². The van der Waals surface area contributed by atoms with Gasteiger partial charge in [-0.15, -0.1) is 0 Å². The van der Waals surface area contributed by atoms with Crippen molar-refractivity contribution >= 4 is 40.2 Å². The van der Waals surface area contributed by atoms with E-state index in [2.05, 4.69) is 48.2 Å². The molecule has 0 spiro atoms. The van der Waals surface area contributed by atoms with Crippen molar-refractivity contribution in [1.29, 1.82) is 0 Å². The Kier molecular flexibility index (Phi) is 4.94. The van der Waals surface area contributed by atoms with E-state index in [1.54, 1.807) is 7.05 Å². The smallest absolute Gasteiger partial charge is 0.323 e. The maximum Gasteiger partial charge on any atom is 0.323 e. The van der Waals surface area contributed by atoms with Crippen LogP contribution in [0.2, 0.25) is 0 Å². The van der Waals surface area contributed by atoms with Gasteiger partial charge in [0.2, 0.25) is 11.9 Å². The lowest BCUT2D eigenvalue weighted by atomic mass is 10.3. The monoisotopic (exact) mass is 385 g/mol. The van der Waals surface area contributed by atoms with Crippen LogP contribution in [0.5, 0.6) is 6.01 Å². The predicted molar refractivity (Wildman–Crippen MR) is 87.6 cm³/mol. The average molecular weight is 385 g/mol. The molecule has 2 aromatic rings. The van der Waals surface area contributed by atoms with Gasteiger partial charge in [-0.05, 0) is 60.7 Å². The van der Waals surface area contributed by atoms with Crippen LogP contribution in [0.3, 0.4) is 0 Å². The molecule has 1 aromatic heterocycles. The van der Waals surface area contributed by atoms with Crippen LogP contribution in [0.4, 0.5) is 17.6 Å². The van der Waals surface area contributed by atoms with Gasteiger partial charge in [-0.3, -0.25) is 0 Å². The highest BCUT2D eigenvalue weighted by molar-refractivity contribution is 14.1. The molecule has 0 bridgehead atoms. The lowest BCUT2D eigenvalue weighted by Crippen LogP contribution is -2.11. The lowest BCUT2D eigenvalue weighted by Gasteiger charge is -2.11. The first-order valence-electron chi connectivity index (χ1n) is 6.20. The molecule has 6 nitrogen and oxygen atoms in total. The van der Waals surface area contributed by atoms with E-state index in [-0.39, 0.29) is 6.10 Å². The Labute approximate surface area is 131 Å². The van der Waals surface area contributed by atoms with Gasteiger partial charge in [0.15, 0.2) is 0 Å². The summed E-state index contributed by atoms with van der Waals surface area (Å²) in [5.41, 5.74) is 0.911. The van der Waals surface area contributed by atoms with Crippen molar-refractivity contribution in [2.24, 2.45) is 0 Å². The van der Waals surface area contributed by atoms with E-state index in [0.29, 0.717) is 17.9 Å². The summed E-state index contributed by atoms with van der Waals surface area (Å²) in [6, 6.07) is 8.25. The van der Waals surface area contributed by atoms with Gasteiger partial charge in [-0.1, -0.05) is 0 Å². The molecule has 0 saturated heterocycles. The first kappa shape index (κ1) is 14.8. The molecule has 106 valence electrons. The van der Waals surface area contributed by atoms with Crippen molar-refractivity contribution in [2.75, 3.05) is 17.7 Å². The number of rotatable bonds is 5. The zero-order valence-corrected chi connectivity index (χ0v) is 13.7. The van der Waals surface area contributed by atoms with Crippen LogP contribution in [0.15, 0.2) is 24.3 Å². The fourth-order valence-electron chi connectivity index (χ4n) is 1.45. The summed E-state index contributed by atoms with van der Waals surface area (Å²) in [7, 11) is 1.75. The van der Waals surface area contributed by atoms with E-state index in [1.807, 2.05) is 38.1 Å². The molecule has 0 atom stereocenters. The summed E-state index contributed by atoms with van der Waals surface area (Å²) in [6.45, 7) is 3.85. The zero-order chi connectivity index (χ0) is 14.5. The number of aromatic nitrogens is 3. The molecule has 7 heteroatoms. The fraction of sp³-hybridized carbons (Fsp3) is 0.308. The number of anilines is 3. The Balaban J connectivity index is 2.23. The molecule has 0 aliphatic carbocycles. The molecule has 0 saturated carbocycles. The maximum absolute atomic E-state index is 5.51. The van der Waals surface area contributed by atoms with Crippen molar-refractivity contribution in [3.63, 3.8) is 0 Å². The highest BCUT2D eigenvalue weighted by Gasteiger charge is 2.08. The number of halogens is 1. The number of benzene rings is 1. The van der Waals surface area contributed by atoms with Crippen LogP contribution in [-0.4, -0.2) is 28.1 Å². The number of hydrogen-bond acceptors (Lipinski definition) is 6. The molecule has 2 N–H and O–H groups in total. The predicted octanol–water partition coefficient (Wildman–Crippen LogP) is 3.05. The molecule has 0 aliphatic rings. The Morgan fingerprint density at radius 1 is 1.05 bits per heavy atom. The molecule has 0 aliphatic heterocycles. The fourth-order valence-corrected chi connectivity index (χ4v) is 1.81. The van der Waals surface area contributed by atoms with Crippen LogP contribution < -0.4 is 15.4 Å². The zero-order valence-electron chi connectivity index (χ0n) is 11.5. The summed E-state index contributed by atoms with van der Waals surface area (Å²) >= 11 is 2.26. The normalized spacial score (nSPS) is 10.4. The molecular formula is C13H16IN5O. The van der Waals surface area contributed by atoms with Crippen molar-refractivity contribution in [3.05, 3.63) is 27.8 Å². The third kappa shape index (κ3) is 4.19. The quantitative estimate of drug-likeness (QED) is 0.771. The van der Waals surface area contributed by atoms with E-state index >= 15 is 0 Å². The third-order valence-corrected chi connectivity index (χ3v) is 3.00. The second-order valence-corrected chi connectivity index (χ2v) is 5.56. The molecule has 0 radical (unpaired) electrons. The van der Waals surface area contributed by atoms with Gasteiger partial charge in [0.1, 0.15) is 0 Å². The molecule has 0 fully saturated rings. The topological polar surface area (TPSA) is 72.0 Å². The average Bonchev–Trinajstić information content (AvgIpc) is 2.40. The van der Waals surface area contributed by atoms with Crippen molar-refractivity contribution < 1.29 is 4.74 Å². The van der Waals surface area contributed by atoms with Crippen LogP contribution in [0.25, 0.3) is 0 Å². The van der Waals surface area contributed by atoms with E-state index in [4.69, 9.17) is 4.74 Å². The highest BCUT2D eigenvalue weighted by Crippen LogP contribution is 2.18. The van der Waals surface area contributed by atoms with Crippen LogP contribution in [-0.2, 0) is 0 Å². The van der Waals surface area contributed by atoms with Gasteiger partial charge >= 0.3 is 6.01 Å². The van der Waals surface area contributed by atoms with Crippen molar-refractivity contribution in [2.45, 2.75) is 20.0 Å². The van der Waals surface area contributed by atoms with E-state index in [1.165, 1.54) is 3.57 Å². The molecule has 20 heavy (non-hydrogen) atoms. The molecule has 1 aromatic carbocycles. The second kappa shape index (κ2) is 6.69. The molecule has 2 rings (SSSR count). The minimum Gasteiger partial charge on any atom is -0.461 e. The van der Waals surface area contributed by atoms with Crippen LogP contribution in [0, 0.1) is 3.57 Å². The van der Waals surface area contributed by atoms with Gasteiger partial charge in [0, 0.05) is 16.3 Å². The van der Waals surface area contributed by atoms with Crippen LogP contribution >= 0.6 is 22.6 Å². The minimum absolute atomic E-state index is 0.00765. The highest BCUT2D eigenvalue weighted by atomic mass is 127. The molecular weight excluding hydrogens is 369 g/mol. The van der Waals surface area contributed by atoms with Crippen molar-refractivity contribution in [3.8, 4) is 6.01 Å². The molecule has 1 heterocycles. The summed E-state index contributed by atoms with van der Waals surface area (Å²) < 4.78 is 6.68. The van der Waals surface area contributed by atoms with E-state index in [0.717, 1.165) is 5.69 Å². The Bertz CT molecular complexity index is 573. The first-order valence-corrected chi connectivity index (χ1v) is 7.28.